The minimum absolute atomic E-state index is 0.773. The Kier molecular flexibility index (Phi) is 2.58. The van der Waals surface area contributed by atoms with Crippen LogP contribution in [0.2, 0.25) is 5.02 Å². The largest absolute Gasteiger partial charge is 0.254 e. The van der Waals surface area contributed by atoms with Crippen molar-refractivity contribution in [3.63, 3.8) is 0 Å². The standard InChI is InChI=1S/C9H7BrClNS/c1-2-5-3-7-9(13-5)8(11)6(10)4-12-7/h3-4H,2H2,1H3. The fraction of sp³-hybridized carbons (Fsp3) is 0.222. The second kappa shape index (κ2) is 3.56. The average Bonchev–Trinajstić information content (AvgIpc) is 2.55. The number of aromatic nitrogens is 1. The molecule has 2 aromatic rings. The van der Waals surface area contributed by atoms with Crippen molar-refractivity contribution in [1.82, 2.24) is 4.98 Å². The highest BCUT2D eigenvalue weighted by atomic mass is 79.9. The van der Waals surface area contributed by atoms with E-state index in [0.29, 0.717) is 0 Å². The van der Waals surface area contributed by atoms with Gasteiger partial charge in [0.25, 0.3) is 0 Å². The van der Waals surface area contributed by atoms with Crippen molar-refractivity contribution in [3.8, 4) is 0 Å². The molecule has 0 unspecified atom stereocenters. The highest BCUT2D eigenvalue weighted by molar-refractivity contribution is 9.10. The first-order valence-corrected chi connectivity index (χ1v) is 5.93. The lowest BCUT2D eigenvalue weighted by molar-refractivity contribution is 1.19. The highest BCUT2D eigenvalue weighted by Gasteiger charge is 2.07. The summed E-state index contributed by atoms with van der Waals surface area (Å²) in [5.41, 5.74) is 0.995. The molecule has 0 radical (unpaired) electrons. The van der Waals surface area contributed by atoms with E-state index in [1.54, 1.807) is 17.5 Å². The number of thiophene rings is 1. The Bertz CT molecular complexity index is 452. The van der Waals surface area contributed by atoms with Crippen LogP contribution in [0, 0.1) is 0 Å². The summed E-state index contributed by atoms with van der Waals surface area (Å²) in [6, 6.07) is 2.10. The minimum atomic E-state index is 0.773. The summed E-state index contributed by atoms with van der Waals surface area (Å²) >= 11 is 11.2. The van der Waals surface area contributed by atoms with Gasteiger partial charge in [0, 0.05) is 11.1 Å². The van der Waals surface area contributed by atoms with E-state index in [-0.39, 0.29) is 0 Å². The summed E-state index contributed by atoms with van der Waals surface area (Å²) in [6.45, 7) is 2.13. The molecule has 0 saturated carbocycles. The average molecular weight is 277 g/mol. The zero-order valence-corrected chi connectivity index (χ0v) is 10.1. The first-order valence-electron chi connectivity index (χ1n) is 3.94. The van der Waals surface area contributed by atoms with Crippen molar-refractivity contribution in [2.45, 2.75) is 13.3 Å². The Balaban J connectivity index is 2.76. The highest BCUT2D eigenvalue weighted by Crippen LogP contribution is 2.35. The summed E-state index contributed by atoms with van der Waals surface area (Å²) in [5.74, 6) is 0. The number of fused-ring (bicyclic) bond motifs is 1. The van der Waals surface area contributed by atoms with Gasteiger partial charge in [0.15, 0.2) is 0 Å². The maximum atomic E-state index is 6.12. The molecule has 0 bridgehead atoms. The number of hydrogen-bond acceptors (Lipinski definition) is 2. The molecule has 2 aromatic heterocycles. The van der Waals surface area contributed by atoms with Crippen molar-refractivity contribution in [2.75, 3.05) is 0 Å². The van der Waals surface area contributed by atoms with Gasteiger partial charge < -0.3 is 0 Å². The van der Waals surface area contributed by atoms with E-state index >= 15 is 0 Å². The Hall–Kier alpha value is -0.120. The number of aryl methyl sites for hydroxylation is 1. The van der Waals surface area contributed by atoms with Crippen LogP contribution in [0.1, 0.15) is 11.8 Å². The topological polar surface area (TPSA) is 12.9 Å². The summed E-state index contributed by atoms with van der Waals surface area (Å²) in [7, 11) is 0. The fourth-order valence-electron chi connectivity index (χ4n) is 1.15. The van der Waals surface area contributed by atoms with Gasteiger partial charge in [-0.05, 0) is 28.4 Å². The number of hydrogen-bond donors (Lipinski definition) is 0. The van der Waals surface area contributed by atoms with Crippen LogP contribution in [-0.2, 0) is 6.42 Å². The molecule has 1 nitrogen and oxygen atoms in total. The molecular weight excluding hydrogens is 270 g/mol. The Labute approximate surface area is 93.9 Å². The third-order valence-electron chi connectivity index (χ3n) is 1.84. The molecule has 0 fully saturated rings. The lowest BCUT2D eigenvalue weighted by Crippen LogP contribution is -1.74. The van der Waals surface area contributed by atoms with Crippen LogP contribution in [0.3, 0.4) is 0 Å². The van der Waals surface area contributed by atoms with Gasteiger partial charge in [-0.3, -0.25) is 4.98 Å². The number of halogens is 2. The van der Waals surface area contributed by atoms with Gasteiger partial charge in [0.05, 0.1) is 19.7 Å². The van der Waals surface area contributed by atoms with Crippen molar-refractivity contribution in [3.05, 3.63) is 26.6 Å². The van der Waals surface area contributed by atoms with E-state index in [0.717, 1.165) is 26.1 Å². The van der Waals surface area contributed by atoms with Crippen molar-refractivity contribution in [1.29, 1.82) is 0 Å². The number of pyridine rings is 1. The normalized spacial score (nSPS) is 11.0. The van der Waals surface area contributed by atoms with Crippen LogP contribution in [0.4, 0.5) is 0 Å². The quantitative estimate of drug-likeness (QED) is 0.758. The van der Waals surface area contributed by atoms with Crippen LogP contribution in [0.5, 0.6) is 0 Å². The smallest absolute Gasteiger partial charge is 0.0828 e. The van der Waals surface area contributed by atoms with Gasteiger partial charge in [0.2, 0.25) is 0 Å². The minimum Gasteiger partial charge on any atom is -0.254 e. The lowest BCUT2D eigenvalue weighted by Gasteiger charge is -1.94. The summed E-state index contributed by atoms with van der Waals surface area (Å²) < 4.78 is 1.94. The van der Waals surface area contributed by atoms with E-state index in [1.807, 2.05) is 0 Å². The summed E-state index contributed by atoms with van der Waals surface area (Å²) in [6.07, 6.45) is 2.78. The molecule has 0 N–H and O–H groups in total. The van der Waals surface area contributed by atoms with E-state index in [1.165, 1.54) is 4.88 Å². The molecule has 0 aliphatic rings. The van der Waals surface area contributed by atoms with Gasteiger partial charge in [-0.25, -0.2) is 0 Å². The van der Waals surface area contributed by atoms with Crippen LogP contribution in [0.25, 0.3) is 10.2 Å². The zero-order valence-electron chi connectivity index (χ0n) is 6.97. The monoisotopic (exact) mass is 275 g/mol. The van der Waals surface area contributed by atoms with Gasteiger partial charge in [-0.2, -0.15) is 0 Å². The molecule has 0 aromatic carbocycles. The second-order valence-corrected chi connectivity index (χ2v) is 5.07. The Morgan fingerprint density at radius 2 is 2.38 bits per heavy atom. The van der Waals surface area contributed by atoms with E-state index in [4.69, 9.17) is 11.6 Å². The maximum Gasteiger partial charge on any atom is 0.0828 e. The molecule has 13 heavy (non-hydrogen) atoms. The van der Waals surface area contributed by atoms with Crippen LogP contribution >= 0.6 is 38.9 Å². The Morgan fingerprint density at radius 3 is 3.08 bits per heavy atom. The molecule has 0 amide bonds. The molecule has 0 aliphatic heterocycles. The van der Waals surface area contributed by atoms with Gasteiger partial charge in [0.1, 0.15) is 0 Å². The first kappa shape index (κ1) is 9.44. The first-order chi connectivity index (χ1) is 6.22. The van der Waals surface area contributed by atoms with Crippen LogP contribution in [0.15, 0.2) is 16.7 Å². The van der Waals surface area contributed by atoms with Crippen LogP contribution < -0.4 is 0 Å². The summed E-state index contributed by atoms with van der Waals surface area (Å²) in [4.78, 5) is 5.61. The molecule has 2 rings (SSSR count). The number of nitrogens with zero attached hydrogens (tertiary/aromatic N) is 1. The van der Waals surface area contributed by atoms with Crippen molar-refractivity contribution >= 4 is 49.1 Å². The van der Waals surface area contributed by atoms with E-state index in [9.17, 15) is 0 Å². The second-order valence-electron chi connectivity index (χ2n) is 2.70. The molecule has 68 valence electrons. The number of rotatable bonds is 1. The predicted molar refractivity (Wildman–Crippen MR) is 61.7 cm³/mol. The molecule has 0 saturated heterocycles. The van der Waals surface area contributed by atoms with E-state index in [2.05, 4.69) is 33.9 Å². The third kappa shape index (κ3) is 1.60. The van der Waals surface area contributed by atoms with Crippen LogP contribution in [-0.4, -0.2) is 4.98 Å². The van der Waals surface area contributed by atoms with Gasteiger partial charge in [-0.1, -0.05) is 18.5 Å². The lowest BCUT2D eigenvalue weighted by atomic mass is 10.3. The summed E-state index contributed by atoms with van der Waals surface area (Å²) in [5, 5.41) is 0.773. The van der Waals surface area contributed by atoms with Crippen molar-refractivity contribution < 1.29 is 0 Å². The Morgan fingerprint density at radius 1 is 1.62 bits per heavy atom. The van der Waals surface area contributed by atoms with Crippen molar-refractivity contribution in [2.24, 2.45) is 0 Å². The molecular formula is C9H7BrClNS. The maximum absolute atomic E-state index is 6.12. The van der Waals surface area contributed by atoms with Gasteiger partial charge >= 0.3 is 0 Å². The van der Waals surface area contributed by atoms with Gasteiger partial charge in [-0.15, -0.1) is 11.3 Å². The molecule has 4 heteroatoms. The zero-order chi connectivity index (χ0) is 9.42. The molecule has 0 atom stereocenters. The SMILES string of the molecule is CCc1cc2ncc(Br)c(Cl)c2s1. The molecule has 0 aliphatic carbocycles. The van der Waals surface area contributed by atoms with E-state index < -0.39 is 0 Å². The predicted octanol–water partition coefficient (Wildman–Crippen LogP) is 4.27. The molecule has 2 heterocycles. The molecule has 0 spiro atoms. The third-order valence-corrected chi connectivity index (χ3v) is 4.46. The fourth-order valence-corrected chi connectivity index (χ4v) is 2.84.